The molecule has 2 aliphatic rings. The Morgan fingerprint density at radius 2 is 1.67 bits per heavy atom. The maximum atomic E-state index is 13.2. The van der Waals surface area contributed by atoms with Crippen molar-refractivity contribution < 1.29 is 27.9 Å². The molecule has 1 saturated heterocycles. The molecule has 0 spiro atoms. The van der Waals surface area contributed by atoms with Crippen molar-refractivity contribution in [3.05, 3.63) is 70.8 Å². The topological polar surface area (TPSA) is 69.6 Å². The van der Waals surface area contributed by atoms with E-state index in [2.05, 4.69) is 5.32 Å². The number of nitrogens with one attached hydrogen (secondary N) is 1. The zero-order valence-electron chi connectivity index (χ0n) is 17.5. The van der Waals surface area contributed by atoms with Gasteiger partial charge in [-0.3, -0.25) is 9.69 Å². The van der Waals surface area contributed by atoms with Gasteiger partial charge in [0.05, 0.1) is 22.7 Å². The van der Waals surface area contributed by atoms with Gasteiger partial charge in [0.25, 0.3) is 0 Å². The van der Waals surface area contributed by atoms with E-state index in [4.69, 9.17) is 5.11 Å². The number of rotatable bonds is 6. The number of carboxylic acids is 1. The van der Waals surface area contributed by atoms with Crippen LogP contribution in [0.2, 0.25) is 0 Å². The normalized spacial score (nSPS) is 19.9. The first-order valence-corrected chi connectivity index (χ1v) is 10.7. The van der Waals surface area contributed by atoms with Gasteiger partial charge in [0.15, 0.2) is 0 Å². The van der Waals surface area contributed by atoms with Crippen molar-refractivity contribution in [1.82, 2.24) is 10.2 Å². The molecule has 1 heterocycles. The molecule has 172 valence electrons. The molecule has 2 fully saturated rings. The summed E-state index contributed by atoms with van der Waals surface area (Å²) in [6, 6.07) is 11.3. The molecule has 2 N–H and O–H groups in total. The summed E-state index contributed by atoms with van der Waals surface area (Å²) in [5.74, 6) is -1.08. The molecular weight excluding hydrogens is 444 g/mol. The van der Waals surface area contributed by atoms with E-state index in [1.807, 2.05) is 4.90 Å². The fraction of sp³-hybridized carbons (Fsp3) is 0.417. The second-order valence-electron chi connectivity index (χ2n) is 8.63. The number of piperidine rings is 1. The Hall–Kier alpha value is -1.87. The van der Waals surface area contributed by atoms with E-state index in [9.17, 15) is 22.8 Å². The molecule has 1 saturated carbocycles. The van der Waals surface area contributed by atoms with Gasteiger partial charge in [0.1, 0.15) is 0 Å². The van der Waals surface area contributed by atoms with Crippen LogP contribution in [0.4, 0.5) is 13.2 Å². The van der Waals surface area contributed by atoms with Crippen LogP contribution in [0.25, 0.3) is 0 Å². The van der Waals surface area contributed by atoms with E-state index in [0.717, 1.165) is 48.9 Å². The number of aromatic carboxylic acids is 1. The van der Waals surface area contributed by atoms with Crippen LogP contribution in [-0.2, 0) is 23.1 Å². The molecule has 5 nitrogen and oxygen atoms in total. The molecular formula is C24H26F3N2NaO3. The summed E-state index contributed by atoms with van der Waals surface area (Å²) in [7, 11) is 0. The molecule has 1 aliphatic heterocycles. The average molecular weight is 470 g/mol. The van der Waals surface area contributed by atoms with Crippen LogP contribution < -0.4 is 5.32 Å². The SMILES string of the molecule is O=C(O)c1ccc(C2(NC(=O)C3CCCCN3Cc3ccc(C(F)(F)F)cc3)CC2)cc1.[NaH]. The third-order valence-corrected chi connectivity index (χ3v) is 6.38. The molecule has 0 radical (unpaired) electrons. The minimum atomic E-state index is -4.37. The van der Waals surface area contributed by atoms with Crippen LogP contribution in [0.3, 0.4) is 0 Å². The molecule has 1 atom stereocenters. The van der Waals surface area contributed by atoms with Crippen molar-refractivity contribution in [2.24, 2.45) is 0 Å². The summed E-state index contributed by atoms with van der Waals surface area (Å²) >= 11 is 0. The number of likely N-dealkylation sites (tertiary alicyclic amines) is 1. The zero-order valence-corrected chi connectivity index (χ0v) is 17.5. The zero-order chi connectivity index (χ0) is 22.9. The van der Waals surface area contributed by atoms with Gasteiger partial charge in [-0.15, -0.1) is 0 Å². The van der Waals surface area contributed by atoms with Crippen LogP contribution in [0.15, 0.2) is 48.5 Å². The Labute approximate surface area is 212 Å². The Bertz CT molecular complexity index is 990. The van der Waals surface area contributed by atoms with E-state index in [-0.39, 0.29) is 47.1 Å². The van der Waals surface area contributed by atoms with E-state index >= 15 is 0 Å². The summed E-state index contributed by atoms with van der Waals surface area (Å²) in [5.41, 5.74) is 0.680. The van der Waals surface area contributed by atoms with E-state index in [0.29, 0.717) is 19.5 Å². The first kappa shape index (κ1) is 25.7. The van der Waals surface area contributed by atoms with Gasteiger partial charge in [-0.05, 0) is 67.6 Å². The van der Waals surface area contributed by atoms with Crippen molar-refractivity contribution in [1.29, 1.82) is 0 Å². The molecule has 1 aliphatic carbocycles. The molecule has 0 aromatic heterocycles. The van der Waals surface area contributed by atoms with Gasteiger partial charge in [0.2, 0.25) is 5.91 Å². The number of hydrogen-bond donors (Lipinski definition) is 2. The van der Waals surface area contributed by atoms with Crippen molar-refractivity contribution in [2.45, 2.75) is 56.4 Å². The summed E-state index contributed by atoms with van der Waals surface area (Å²) in [6.45, 7) is 1.12. The summed E-state index contributed by atoms with van der Waals surface area (Å²) in [4.78, 5) is 26.3. The second-order valence-corrected chi connectivity index (χ2v) is 8.63. The van der Waals surface area contributed by atoms with Crippen LogP contribution in [0.5, 0.6) is 0 Å². The quantitative estimate of drug-likeness (QED) is 0.628. The summed E-state index contributed by atoms with van der Waals surface area (Å²) in [6.07, 6.45) is -0.241. The molecule has 1 unspecified atom stereocenters. The van der Waals surface area contributed by atoms with Crippen LogP contribution in [-0.4, -0.2) is 64.0 Å². The Morgan fingerprint density at radius 3 is 2.21 bits per heavy atom. The van der Waals surface area contributed by atoms with E-state index in [1.165, 1.54) is 12.1 Å². The minimum absolute atomic E-state index is 0. The number of benzene rings is 2. The first-order chi connectivity index (χ1) is 15.2. The third kappa shape index (κ3) is 5.98. The number of hydrogen-bond acceptors (Lipinski definition) is 3. The summed E-state index contributed by atoms with van der Waals surface area (Å²) in [5, 5.41) is 12.3. The third-order valence-electron chi connectivity index (χ3n) is 6.38. The Balaban J connectivity index is 0.00000306. The van der Waals surface area contributed by atoms with Gasteiger partial charge < -0.3 is 10.4 Å². The summed E-state index contributed by atoms with van der Waals surface area (Å²) < 4.78 is 38.5. The predicted molar refractivity (Wildman–Crippen MR) is 119 cm³/mol. The van der Waals surface area contributed by atoms with E-state index < -0.39 is 23.2 Å². The molecule has 33 heavy (non-hydrogen) atoms. The van der Waals surface area contributed by atoms with E-state index in [1.54, 1.807) is 24.3 Å². The van der Waals surface area contributed by atoms with Crippen molar-refractivity contribution >= 4 is 41.4 Å². The molecule has 0 bridgehead atoms. The van der Waals surface area contributed by atoms with Crippen molar-refractivity contribution in [3.63, 3.8) is 0 Å². The van der Waals surface area contributed by atoms with Gasteiger partial charge in [-0.25, -0.2) is 4.79 Å². The van der Waals surface area contributed by atoms with Gasteiger partial charge in [0, 0.05) is 6.54 Å². The fourth-order valence-corrected chi connectivity index (χ4v) is 4.37. The number of carbonyl (C=O) groups is 2. The monoisotopic (exact) mass is 470 g/mol. The molecule has 2 aromatic rings. The standard InChI is InChI=1S/C24H25F3N2O3.Na.H/c25-24(26,27)19-8-4-16(5-9-19)15-29-14-2-1-3-20(29)21(30)28-23(12-13-23)18-10-6-17(7-11-18)22(31)32;;/h4-11,20H,1-3,12-15H2,(H,28,30)(H,31,32);;. The predicted octanol–water partition coefficient (Wildman–Crippen LogP) is 3.92. The number of carbonyl (C=O) groups excluding carboxylic acids is 1. The second kappa shape index (κ2) is 10.2. The molecule has 4 rings (SSSR count). The molecule has 2 aromatic carbocycles. The Kier molecular flexibility index (Phi) is 7.94. The maximum absolute atomic E-state index is 13.2. The first-order valence-electron chi connectivity index (χ1n) is 10.7. The van der Waals surface area contributed by atoms with Crippen LogP contribution >= 0.6 is 0 Å². The van der Waals surface area contributed by atoms with Crippen molar-refractivity contribution in [3.8, 4) is 0 Å². The fourth-order valence-electron chi connectivity index (χ4n) is 4.37. The van der Waals surface area contributed by atoms with Crippen LogP contribution in [0.1, 0.15) is 59.2 Å². The van der Waals surface area contributed by atoms with Crippen LogP contribution in [0, 0.1) is 0 Å². The average Bonchev–Trinajstić information content (AvgIpc) is 3.54. The Morgan fingerprint density at radius 1 is 1.03 bits per heavy atom. The molecule has 1 amide bonds. The number of amides is 1. The van der Waals surface area contributed by atoms with Gasteiger partial charge in [-0.2, -0.15) is 13.2 Å². The molecule has 9 heteroatoms. The van der Waals surface area contributed by atoms with Gasteiger partial charge >= 0.3 is 41.7 Å². The number of nitrogens with zero attached hydrogens (tertiary/aromatic N) is 1. The van der Waals surface area contributed by atoms with Crippen molar-refractivity contribution in [2.75, 3.05) is 6.54 Å². The number of alkyl halides is 3. The van der Waals surface area contributed by atoms with Gasteiger partial charge in [-0.1, -0.05) is 30.7 Å². The number of halogens is 3. The number of carboxylic acid groups (broad SMARTS) is 1.